The molecule has 0 spiro atoms. The van der Waals surface area contributed by atoms with E-state index in [1.54, 1.807) is 42.7 Å². The predicted octanol–water partition coefficient (Wildman–Crippen LogP) is 5.37. The van der Waals surface area contributed by atoms with Crippen molar-refractivity contribution in [2.75, 3.05) is 5.32 Å². The van der Waals surface area contributed by atoms with Crippen molar-refractivity contribution in [1.29, 1.82) is 0 Å². The Morgan fingerprint density at radius 3 is 2.61 bits per heavy atom. The zero-order chi connectivity index (χ0) is 21.2. The van der Waals surface area contributed by atoms with Crippen molar-refractivity contribution in [3.63, 3.8) is 0 Å². The van der Waals surface area contributed by atoms with Crippen LogP contribution in [0.15, 0.2) is 67.0 Å². The molecule has 1 N–H and O–H groups in total. The highest BCUT2D eigenvalue weighted by molar-refractivity contribution is 6.33. The van der Waals surface area contributed by atoms with Gasteiger partial charge in [0.2, 0.25) is 5.91 Å². The van der Waals surface area contributed by atoms with Crippen molar-refractivity contribution in [2.24, 2.45) is 5.41 Å². The van der Waals surface area contributed by atoms with E-state index < -0.39 is 11.2 Å². The maximum absolute atomic E-state index is 14.9. The Morgan fingerprint density at radius 2 is 1.84 bits per heavy atom. The Balaban J connectivity index is 1.30. The molecule has 3 aliphatic rings. The number of benzene rings is 2. The van der Waals surface area contributed by atoms with Gasteiger partial charge in [0.05, 0.1) is 17.6 Å². The van der Waals surface area contributed by atoms with E-state index in [0.29, 0.717) is 21.8 Å². The van der Waals surface area contributed by atoms with Crippen LogP contribution in [-0.4, -0.2) is 23.1 Å². The number of aromatic nitrogens is 1. The van der Waals surface area contributed by atoms with Crippen molar-refractivity contribution in [3.8, 4) is 11.1 Å². The summed E-state index contributed by atoms with van der Waals surface area (Å²) >= 11 is 6.22. The molecule has 4 atom stereocenters. The van der Waals surface area contributed by atoms with Crippen LogP contribution >= 0.6 is 11.6 Å². The third kappa shape index (κ3) is 2.50. The number of nitrogens with zero attached hydrogens (tertiary/aromatic N) is 1. The SMILES string of the molecule is O=C(Nc1ccc(-c2ccccc2Cl)c(F)c1)C12CC1(c1ccncc1)C1CCC2O1. The van der Waals surface area contributed by atoms with Gasteiger partial charge in [-0.1, -0.05) is 29.8 Å². The van der Waals surface area contributed by atoms with Crippen molar-refractivity contribution < 1.29 is 13.9 Å². The summed E-state index contributed by atoms with van der Waals surface area (Å²) in [6.45, 7) is 0. The zero-order valence-corrected chi connectivity index (χ0v) is 17.4. The van der Waals surface area contributed by atoms with Gasteiger partial charge in [0, 0.05) is 39.6 Å². The number of fused-ring (bicyclic) bond motifs is 5. The first-order valence-corrected chi connectivity index (χ1v) is 10.9. The Bertz CT molecular complexity index is 1200. The number of carbonyl (C=O) groups excluding carboxylic acids is 1. The average molecular weight is 435 g/mol. The van der Waals surface area contributed by atoms with E-state index in [9.17, 15) is 9.18 Å². The van der Waals surface area contributed by atoms with Gasteiger partial charge in [0.25, 0.3) is 0 Å². The first-order valence-electron chi connectivity index (χ1n) is 10.5. The summed E-state index contributed by atoms with van der Waals surface area (Å²) in [5, 5.41) is 3.45. The Labute approximate surface area is 184 Å². The fourth-order valence-electron chi connectivity index (χ4n) is 5.92. The second-order valence-electron chi connectivity index (χ2n) is 8.67. The van der Waals surface area contributed by atoms with Gasteiger partial charge in [0.1, 0.15) is 5.82 Å². The van der Waals surface area contributed by atoms with E-state index in [0.717, 1.165) is 24.8 Å². The van der Waals surface area contributed by atoms with Crippen molar-refractivity contribution in [3.05, 3.63) is 83.4 Å². The summed E-state index contributed by atoms with van der Waals surface area (Å²) in [6, 6.07) is 15.8. The van der Waals surface area contributed by atoms with E-state index in [1.807, 2.05) is 18.2 Å². The Kier molecular flexibility index (Phi) is 4.05. The smallest absolute Gasteiger partial charge is 0.234 e. The lowest BCUT2D eigenvalue weighted by Gasteiger charge is -2.26. The van der Waals surface area contributed by atoms with Gasteiger partial charge >= 0.3 is 0 Å². The first-order chi connectivity index (χ1) is 15.1. The van der Waals surface area contributed by atoms with E-state index in [4.69, 9.17) is 16.3 Å². The lowest BCUT2D eigenvalue weighted by molar-refractivity contribution is -0.124. The molecule has 4 unspecified atom stereocenters. The molecule has 2 aromatic carbocycles. The lowest BCUT2D eigenvalue weighted by atomic mass is 9.75. The normalized spacial score (nSPS) is 30.1. The molecule has 3 aromatic rings. The van der Waals surface area contributed by atoms with Crippen molar-refractivity contribution in [2.45, 2.75) is 36.9 Å². The molecule has 1 aliphatic carbocycles. The number of carbonyl (C=O) groups is 1. The standard InChI is InChI=1S/C25H20ClFN2O2/c26-19-4-2-1-3-17(19)18-6-5-16(13-20(18)27)29-23(30)25-14-24(25,15-9-11-28-12-10-15)21-7-8-22(25)31-21/h1-6,9-13,21-22H,7-8,14H2,(H,29,30). The summed E-state index contributed by atoms with van der Waals surface area (Å²) in [5.41, 5.74) is 1.66. The second-order valence-corrected chi connectivity index (χ2v) is 9.08. The number of amides is 1. The third-order valence-corrected chi connectivity index (χ3v) is 7.67. The van der Waals surface area contributed by atoms with Crippen LogP contribution in [0.25, 0.3) is 11.1 Å². The Morgan fingerprint density at radius 1 is 1.06 bits per heavy atom. The highest BCUT2D eigenvalue weighted by atomic mass is 35.5. The number of halogens is 2. The second kappa shape index (κ2) is 6.62. The number of nitrogens with one attached hydrogen (secondary N) is 1. The van der Waals surface area contributed by atoms with Crippen LogP contribution in [0.1, 0.15) is 24.8 Å². The maximum Gasteiger partial charge on any atom is 0.234 e. The van der Waals surface area contributed by atoms with Gasteiger partial charge in [-0.2, -0.15) is 0 Å². The minimum Gasteiger partial charge on any atom is -0.373 e. The van der Waals surface area contributed by atoms with Gasteiger partial charge in [-0.25, -0.2) is 4.39 Å². The van der Waals surface area contributed by atoms with Crippen molar-refractivity contribution >= 4 is 23.2 Å². The average Bonchev–Trinajstić information content (AvgIpc) is 3.19. The van der Waals surface area contributed by atoms with Gasteiger partial charge < -0.3 is 10.1 Å². The molecule has 4 nitrogen and oxygen atoms in total. The van der Waals surface area contributed by atoms with Crippen LogP contribution in [0.2, 0.25) is 5.02 Å². The van der Waals surface area contributed by atoms with Gasteiger partial charge in [0.15, 0.2) is 0 Å². The van der Waals surface area contributed by atoms with Crippen LogP contribution < -0.4 is 5.32 Å². The largest absolute Gasteiger partial charge is 0.373 e. The highest BCUT2D eigenvalue weighted by Crippen LogP contribution is 2.77. The molecular formula is C25H20ClFN2O2. The molecule has 6 heteroatoms. The fraction of sp³-hybridized carbons (Fsp3) is 0.280. The molecule has 0 radical (unpaired) electrons. The molecule has 2 aliphatic heterocycles. The molecule has 3 heterocycles. The van der Waals surface area contributed by atoms with Crippen LogP contribution in [0.3, 0.4) is 0 Å². The summed E-state index contributed by atoms with van der Waals surface area (Å²) < 4.78 is 21.1. The number of ether oxygens (including phenoxy) is 1. The topological polar surface area (TPSA) is 51.2 Å². The van der Waals surface area contributed by atoms with Crippen LogP contribution in [0, 0.1) is 11.2 Å². The van der Waals surface area contributed by atoms with Crippen LogP contribution in [-0.2, 0) is 14.9 Å². The molecule has 2 bridgehead atoms. The molecule has 1 amide bonds. The molecule has 2 saturated heterocycles. The number of hydrogen-bond donors (Lipinski definition) is 1. The zero-order valence-electron chi connectivity index (χ0n) is 16.6. The quantitative estimate of drug-likeness (QED) is 0.600. The number of rotatable bonds is 4. The Hall–Kier alpha value is -2.76. The minimum absolute atomic E-state index is 0.0463. The number of hydrogen-bond acceptors (Lipinski definition) is 3. The first kappa shape index (κ1) is 19.0. The van der Waals surface area contributed by atoms with E-state index in [2.05, 4.69) is 10.3 Å². The van der Waals surface area contributed by atoms with Crippen LogP contribution in [0.5, 0.6) is 0 Å². The number of pyridine rings is 1. The summed E-state index contributed by atoms with van der Waals surface area (Å²) in [5.74, 6) is -0.523. The molecule has 156 valence electrons. The summed E-state index contributed by atoms with van der Waals surface area (Å²) in [6.07, 6.45) is 6.07. The van der Waals surface area contributed by atoms with E-state index >= 15 is 0 Å². The molecule has 31 heavy (non-hydrogen) atoms. The van der Waals surface area contributed by atoms with Crippen LogP contribution in [0.4, 0.5) is 10.1 Å². The molecule has 1 aromatic heterocycles. The summed E-state index contributed by atoms with van der Waals surface area (Å²) in [4.78, 5) is 17.6. The minimum atomic E-state index is -0.602. The highest BCUT2D eigenvalue weighted by Gasteiger charge is 2.85. The maximum atomic E-state index is 14.9. The van der Waals surface area contributed by atoms with Gasteiger partial charge in [-0.05, 0) is 61.2 Å². The van der Waals surface area contributed by atoms with Gasteiger partial charge in [-0.15, -0.1) is 0 Å². The fourth-order valence-corrected chi connectivity index (χ4v) is 6.16. The van der Waals surface area contributed by atoms with Gasteiger partial charge in [-0.3, -0.25) is 9.78 Å². The molecule has 3 fully saturated rings. The van der Waals surface area contributed by atoms with E-state index in [-0.39, 0.29) is 23.5 Å². The molecular weight excluding hydrogens is 415 g/mol. The third-order valence-electron chi connectivity index (χ3n) is 7.34. The monoisotopic (exact) mass is 434 g/mol. The lowest BCUT2D eigenvalue weighted by Crippen LogP contribution is -2.39. The van der Waals surface area contributed by atoms with E-state index in [1.165, 1.54) is 6.07 Å². The molecule has 6 rings (SSSR count). The predicted molar refractivity (Wildman–Crippen MR) is 116 cm³/mol. The van der Waals surface area contributed by atoms with Crippen molar-refractivity contribution in [1.82, 2.24) is 4.98 Å². The summed E-state index contributed by atoms with van der Waals surface area (Å²) in [7, 11) is 0. The molecule has 1 saturated carbocycles. The number of anilines is 1.